The zero-order valence-corrected chi connectivity index (χ0v) is 68.0. The number of hydrogen-bond donors (Lipinski definition) is 0. The maximum Gasteiger partial charge on any atom is 0.235 e. The minimum absolute atomic E-state index is 0.639. The molecule has 0 saturated carbocycles. The molecule has 26 rings (SSSR count). The van der Waals surface area contributed by atoms with Crippen LogP contribution in [0.3, 0.4) is 0 Å². The Balaban J connectivity index is 0.000000137. The van der Waals surface area contributed by atoms with Crippen LogP contribution in [0.2, 0.25) is 0 Å². The van der Waals surface area contributed by atoms with Gasteiger partial charge >= 0.3 is 0 Å². The first-order chi connectivity index (χ1) is 62.4. The van der Waals surface area contributed by atoms with Gasteiger partial charge in [-0.25, -0.2) is 19.9 Å². The van der Waals surface area contributed by atoms with E-state index in [1.807, 2.05) is 48.5 Å². The van der Waals surface area contributed by atoms with Crippen LogP contribution < -0.4 is 0 Å². The van der Waals surface area contributed by atoms with E-state index < -0.39 is 0 Å². The Morgan fingerprint density at radius 3 is 0.913 bits per heavy atom. The van der Waals surface area contributed by atoms with Crippen molar-refractivity contribution in [3.63, 3.8) is 0 Å². The van der Waals surface area contributed by atoms with Crippen LogP contribution in [-0.2, 0) is 0 Å². The summed E-state index contributed by atoms with van der Waals surface area (Å²) in [4.78, 5) is 20.9. The van der Waals surface area contributed by atoms with Gasteiger partial charge in [-0.15, -0.1) is 0 Å². The van der Waals surface area contributed by atoms with Crippen molar-refractivity contribution in [3.8, 4) is 113 Å². The third-order valence-corrected chi connectivity index (χ3v) is 25.1. The lowest BCUT2D eigenvalue weighted by Crippen LogP contribution is -2.04. The molecule has 588 valence electrons. The van der Waals surface area contributed by atoms with E-state index in [-0.39, 0.29) is 0 Å². The molecule has 10 heteroatoms. The Hall–Kier alpha value is -17.1. The molecule has 0 bridgehead atoms. The monoisotopic (exact) mass is 1610 g/mol. The predicted molar refractivity (Wildman–Crippen MR) is 519 cm³/mol. The van der Waals surface area contributed by atoms with E-state index >= 15 is 0 Å². The standard InChI is InChI=1S/2C58H36N4O/c1-3-14-38(15-4-1)50-36-51(39-16-5-2-6-17-39)60-58(59-50)62-53-24-11-8-19-45(53)49-34-40(29-33-54(49)62)41-28-32-46-44-18-7-10-23-52(44)61(55(46)35-41)42-30-26-37(27-31-42)43-21-13-22-48-47-20-9-12-25-56(47)63-57(43)48;1-3-13-38(14-4-1)50-36-51(39-15-5-2-6-16-39)60-58(59-50)62-53-21-11-8-18-45(53)48-33-41(26-31-54(48)62)42-25-30-46-44-17-7-10-20-52(44)61(55(46)35-42)43-28-23-37(24-29-43)40-27-32-57-49(34-40)47-19-9-12-22-56(47)63-57/h2*1-36H. The minimum Gasteiger partial charge on any atom is -0.456 e. The quantitative estimate of drug-likeness (QED) is 0.121. The van der Waals surface area contributed by atoms with Crippen molar-refractivity contribution in [1.82, 2.24) is 38.2 Å². The van der Waals surface area contributed by atoms with Crippen molar-refractivity contribution in [3.05, 3.63) is 437 Å². The highest BCUT2D eigenvalue weighted by Crippen LogP contribution is 2.45. The van der Waals surface area contributed by atoms with Gasteiger partial charge in [0.25, 0.3) is 0 Å². The van der Waals surface area contributed by atoms with Crippen molar-refractivity contribution in [1.29, 1.82) is 0 Å². The average Bonchev–Trinajstić information content (AvgIpc) is 1.58. The number of fused-ring (bicyclic) bond motifs is 18. The zero-order chi connectivity index (χ0) is 82.9. The molecule has 0 saturated heterocycles. The summed E-state index contributed by atoms with van der Waals surface area (Å²) >= 11 is 0. The number of hydrogen-bond acceptors (Lipinski definition) is 6. The Labute approximate surface area is 723 Å². The van der Waals surface area contributed by atoms with Gasteiger partial charge in [-0.05, 0) is 160 Å². The zero-order valence-electron chi connectivity index (χ0n) is 68.0. The second-order valence-corrected chi connectivity index (χ2v) is 32.4. The average molecular weight is 1610 g/mol. The highest BCUT2D eigenvalue weighted by Gasteiger charge is 2.24. The van der Waals surface area contributed by atoms with Crippen LogP contribution in [0.15, 0.2) is 446 Å². The summed E-state index contributed by atoms with van der Waals surface area (Å²) in [7, 11) is 0. The van der Waals surface area contributed by atoms with Crippen LogP contribution >= 0.6 is 0 Å². The maximum absolute atomic E-state index is 6.42. The predicted octanol–water partition coefficient (Wildman–Crippen LogP) is 30.5. The molecule has 0 amide bonds. The largest absolute Gasteiger partial charge is 0.456 e. The molecule has 0 radical (unpaired) electrons. The van der Waals surface area contributed by atoms with Gasteiger partial charge in [-0.1, -0.05) is 315 Å². The molecule has 8 aromatic heterocycles. The molecular formula is C116H72N8O2. The van der Waals surface area contributed by atoms with Gasteiger partial charge in [0.2, 0.25) is 11.9 Å². The van der Waals surface area contributed by atoms with Gasteiger partial charge in [-0.3, -0.25) is 9.13 Å². The van der Waals surface area contributed by atoms with Gasteiger partial charge in [0.05, 0.1) is 66.9 Å². The van der Waals surface area contributed by atoms with E-state index in [0.717, 1.165) is 199 Å². The molecule has 0 aliphatic rings. The Morgan fingerprint density at radius 2 is 0.460 bits per heavy atom. The second-order valence-electron chi connectivity index (χ2n) is 32.4. The molecule has 18 aromatic carbocycles. The summed E-state index contributed by atoms with van der Waals surface area (Å²) in [6.07, 6.45) is 0. The first kappa shape index (κ1) is 71.8. The fraction of sp³-hybridized carbons (Fsp3) is 0. The minimum atomic E-state index is 0.639. The van der Waals surface area contributed by atoms with Crippen molar-refractivity contribution < 1.29 is 8.83 Å². The highest BCUT2D eigenvalue weighted by atomic mass is 16.3. The molecule has 0 unspecified atom stereocenters. The van der Waals surface area contributed by atoms with Crippen molar-refractivity contribution in [2.45, 2.75) is 0 Å². The molecule has 10 nitrogen and oxygen atoms in total. The molecule has 0 atom stereocenters. The number of benzene rings is 18. The SMILES string of the molecule is c1ccc(-c2cc(-c3ccccc3)nc(-n3c4ccccc4c4cc(-c5ccc6c7ccccc7n(-c7ccc(-c8ccc9oc%10ccccc%10c9c8)cc7)c6c5)ccc43)n2)cc1.c1ccc(-c2cc(-c3ccccc3)nc(-n3c4ccccc4c4cc(-c5ccc6c7ccccc7n(-c7ccc(-c8cccc9c8oc8ccccc89)cc7)c6c5)ccc43)n2)cc1. The Morgan fingerprint density at radius 1 is 0.159 bits per heavy atom. The molecule has 0 N–H and O–H groups in total. The number of nitrogens with zero attached hydrogens (tertiary/aromatic N) is 8. The van der Waals surface area contributed by atoms with Gasteiger partial charge in [0.15, 0.2) is 0 Å². The van der Waals surface area contributed by atoms with Crippen molar-refractivity contribution in [2.24, 2.45) is 0 Å². The third-order valence-electron chi connectivity index (χ3n) is 25.1. The van der Waals surface area contributed by atoms with E-state index in [1.165, 1.54) is 32.6 Å². The van der Waals surface area contributed by atoms with Crippen molar-refractivity contribution >= 4 is 131 Å². The van der Waals surface area contributed by atoms with Crippen molar-refractivity contribution in [2.75, 3.05) is 0 Å². The van der Waals surface area contributed by atoms with Gasteiger partial charge in [0.1, 0.15) is 22.3 Å². The molecule has 26 aromatic rings. The van der Waals surface area contributed by atoms with E-state index in [2.05, 4.69) is 407 Å². The molecular weight excluding hydrogens is 1540 g/mol. The fourth-order valence-electron chi connectivity index (χ4n) is 19.2. The molecule has 0 spiro atoms. The number of furan rings is 2. The molecule has 0 aliphatic heterocycles. The van der Waals surface area contributed by atoms with Crippen LogP contribution in [0.4, 0.5) is 0 Å². The first-order valence-electron chi connectivity index (χ1n) is 42.6. The summed E-state index contributed by atoms with van der Waals surface area (Å²) in [5, 5.41) is 14.0. The van der Waals surface area contributed by atoms with E-state index in [4.69, 9.17) is 28.8 Å². The first-order valence-corrected chi connectivity index (χ1v) is 42.6. The van der Waals surface area contributed by atoms with Gasteiger partial charge < -0.3 is 18.0 Å². The van der Waals surface area contributed by atoms with E-state index in [9.17, 15) is 0 Å². The lowest BCUT2D eigenvalue weighted by atomic mass is 10.0. The molecule has 8 heterocycles. The fourth-order valence-corrected chi connectivity index (χ4v) is 19.2. The second kappa shape index (κ2) is 29.4. The van der Waals surface area contributed by atoms with Crippen LogP contribution in [0.5, 0.6) is 0 Å². The summed E-state index contributed by atoms with van der Waals surface area (Å²) < 4.78 is 21.8. The normalized spacial score (nSPS) is 11.8. The summed E-state index contributed by atoms with van der Waals surface area (Å²) in [6.45, 7) is 0. The van der Waals surface area contributed by atoms with E-state index in [0.29, 0.717) is 11.9 Å². The van der Waals surface area contributed by atoms with Crippen LogP contribution in [-0.4, -0.2) is 38.2 Å². The third kappa shape index (κ3) is 12.0. The summed E-state index contributed by atoms with van der Waals surface area (Å²) in [5.74, 6) is 1.28. The van der Waals surface area contributed by atoms with Crippen LogP contribution in [0.1, 0.15) is 0 Å². The Bertz CT molecular complexity index is 8700. The maximum atomic E-state index is 6.42. The topological polar surface area (TPSA) is 97.6 Å². The molecule has 0 fully saturated rings. The van der Waals surface area contributed by atoms with E-state index in [1.54, 1.807) is 0 Å². The number of aromatic nitrogens is 8. The lowest BCUT2D eigenvalue weighted by Gasteiger charge is -2.12. The number of para-hydroxylation sites is 7. The smallest absolute Gasteiger partial charge is 0.235 e. The Kier molecular flexibility index (Phi) is 16.7. The van der Waals surface area contributed by atoms with Gasteiger partial charge in [-0.2, -0.15) is 0 Å². The lowest BCUT2D eigenvalue weighted by molar-refractivity contribution is 0.669. The number of rotatable bonds is 12. The molecule has 0 aliphatic carbocycles. The van der Waals surface area contributed by atoms with Crippen LogP contribution in [0, 0.1) is 0 Å². The molecule has 126 heavy (non-hydrogen) atoms. The highest BCUT2D eigenvalue weighted by molar-refractivity contribution is 6.16. The summed E-state index contributed by atoms with van der Waals surface area (Å²) in [5.41, 5.74) is 31.6. The van der Waals surface area contributed by atoms with Crippen LogP contribution in [0.25, 0.3) is 244 Å². The summed E-state index contributed by atoms with van der Waals surface area (Å²) in [6, 6.07) is 155. The van der Waals surface area contributed by atoms with Gasteiger partial charge in [0, 0.05) is 104 Å².